The second kappa shape index (κ2) is 5.05. The Morgan fingerprint density at radius 2 is 2.11 bits per heavy atom. The highest BCUT2D eigenvalue weighted by atomic mass is 35.5. The summed E-state index contributed by atoms with van der Waals surface area (Å²) in [4.78, 5) is 8.68. The number of hydrogen-bond acceptors (Lipinski definition) is 4. The first kappa shape index (κ1) is 12.2. The summed E-state index contributed by atoms with van der Waals surface area (Å²) in [6.45, 7) is 2.00. The summed E-state index contributed by atoms with van der Waals surface area (Å²) in [5, 5.41) is 7.30. The van der Waals surface area contributed by atoms with Crippen LogP contribution >= 0.6 is 11.6 Å². The van der Waals surface area contributed by atoms with E-state index in [2.05, 4.69) is 20.6 Å². The second-order valence-electron chi connectivity index (χ2n) is 4.77. The topological polar surface area (TPSA) is 49.8 Å². The maximum atomic E-state index is 5.94. The molecule has 2 aromatic rings. The SMILES string of the molecule is Cc1cc(Cl)ccc1Nc1nccc(NC2CC2)n1. The molecular formula is C14H15ClN4. The van der Waals surface area contributed by atoms with Gasteiger partial charge in [0.05, 0.1) is 0 Å². The van der Waals surface area contributed by atoms with Gasteiger partial charge in [0.1, 0.15) is 5.82 Å². The predicted octanol–water partition coefficient (Wildman–Crippen LogP) is 3.76. The lowest BCUT2D eigenvalue weighted by Gasteiger charge is -2.10. The molecule has 0 saturated heterocycles. The molecule has 0 spiro atoms. The van der Waals surface area contributed by atoms with E-state index in [4.69, 9.17) is 11.6 Å². The average molecular weight is 275 g/mol. The summed E-state index contributed by atoms with van der Waals surface area (Å²) in [6.07, 6.45) is 4.21. The molecule has 2 N–H and O–H groups in total. The van der Waals surface area contributed by atoms with Gasteiger partial charge in [0.2, 0.25) is 5.95 Å². The molecule has 0 amide bonds. The van der Waals surface area contributed by atoms with Crippen molar-refractivity contribution in [1.29, 1.82) is 0 Å². The van der Waals surface area contributed by atoms with Gasteiger partial charge in [0.15, 0.2) is 0 Å². The van der Waals surface area contributed by atoms with Gasteiger partial charge in [-0.2, -0.15) is 4.98 Å². The van der Waals surface area contributed by atoms with Gasteiger partial charge in [-0.1, -0.05) is 11.6 Å². The lowest BCUT2D eigenvalue weighted by molar-refractivity contribution is 1.08. The van der Waals surface area contributed by atoms with Gasteiger partial charge < -0.3 is 10.6 Å². The molecule has 3 rings (SSSR count). The van der Waals surface area contributed by atoms with Crippen molar-refractivity contribution in [2.75, 3.05) is 10.6 Å². The fourth-order valence-corrected chi connectivity index (χ4v) is 2.05. The molecule has 0 bridgehead atoms. The van der Waals surface area contributed by atoms with Crippen molar-refractivity contribution < 1.29 is 0 Å². The van der Waals surface area contributed by atoms with E-state index in [-0.39, 0.29) is 0 Å². The third-order valence-corrected chi connectivity index (χ3v) is 3.25. The Kier molecular flexibility index (Phi) is 3.25. The zero-order chi connectivity index (χ0) is 13.2. The molecule has 0 aliphatic heterocycles. The zero-order valence-corrected chi connectivity index (χ0v) is 11.4. The molecule has 0 radical (unpaired) electrons. The number of anilines is 3. The Hall–Kier alpha value is -1.81. The highest BCUT2D eigenvalue weighted by Gasteiger charge is 2.21. The monoisotopic (exact) mass is 274 g/mol. The van der Waals surface area contributed by atoms with Crippen LogP contribution in [0, 0.1) is 6.92 Å². The van der Waals surface area contributed by atoms with Crippen molar-refractivity contribution in [2.45, 2.75) is 25.8 Å². The minimum atomic E-state index is 0.583. The van der Waals surface area contributed by atoms with E-state index in [0.29, 0.717) is 12.0 Å². The number of aryl methyl sites for hydroxylation is 1. The summed E-state index contributed by atoms with van der Waals surface area (Å²) in [5.41, 5.74) is 2.03. The molecule has 1 aliphatic carbocycles. The summed E-state index contributed by atoms with van der Waals surface area (Å²) >= 11 is 5.94. The zero-order valence-electron chi connectivity index (χ0n) is 10.7. The first-order valence-corrected chi connectivity index (χ1v) is 6.71. The molecule has 1 aliphatic rings. The maximum absolute atomic E-state index is 5.94. The Labute approximate surface area is 117 Å². The molecule has 98 valence electrons. The van der Waals surface area contributed by atoms with Crippen LogP contribution in [0.4, 0.5) is 17.5 Å². The smallest absolute Gasteiger partial charge is 0.229 e. The van der Waals surface area contributed by atoms with Crippen LogP contribution < -0.4 is 10.6 Å². The first-order chi connectivity index (χ1) is 9.20. The van der Waals surface area contributed by atoms with Gasteiger partial charge in [0, 0.05) is 22.9 Å². The van der Waals surface area contributed by atoms with Crippen molar-refractivity contribution in [2.24, 2.45) is 0 Å². The van der Waals surface area contributed by atoms with Crippen LogP contribution in [-0.4, -0.2) is 16.0 Å². The molecule has 1 saturated carbocycles. The van der Waals surface area contributed by atoms with Crippen molar-refractivity contribution in [3.05, 3.63) is 41.0 Å². The normalized spacial score (nSPS) is 14.2. The minimum absolute atomic E-state index is 0.583. The van der Waals surface area contributed by atoms with Crippen LogP contribution in [0.3, 0.4) is 0 Å². The van der Waals surface area contributed by atoms with Crippen molar-refractivity contribution in [3.63, 3.8) is 0 Å². The lowest BCUT2D eigenvalue weighted by Crippen LogP contribution is -2.05. The van der Waals surface area contributed by atoms with E-state index in [1.54, 1.807) is 6.20 Å². The van der Waals surface area contributed by atoms with Gasteiger partial charge in [-0.15, -0.1) is 0 Å². The largest absolute Gasteiger partial charge is 0.367 e. The molecular weight excluding hydrogens is 260 g/mol. The number of hydrogen-bond donors (Lipinski definition) is 2. The second-order valence-corrected chi connectivity index (χ2v) is 5.20. The first-order valence-electron chi connectivity index (χ1n) is 6.33. The highest BCUT2D eigenvalue weighted by Crippen LogP contribution is 2.25. The molecule has 4 nitrogen and oxygen atoms in total. The Morgan fingerprint density at radius 1 is 1.26 bits per heavy atom. The van der Waals surface area contributed by atoms with Gasteiger partial charge in [-0.25, -0.2) is 4.98 Å². The molecule has 5 heteroatoms. The van der Waals surface area contributed by atoms with E-state index in [1.807, 2.05) is 31.2 Å². The van der Waals surface area contributed by atoms with Crippen LogP contribution in [0.2, 0.25) is 5.02 Å². The van der Waals surface area contributed by atoms with Crippen LogP contribution in [0.15, 0.2) is 30.5 Å². The molecule has 0 atom stereocenters. The quantitative estimate of drug-likeness (QED) is 0.891. The molecule has 1 heterocycles. The lowest BCUT2D eigenvalue weighted by atomic mass is 10.2. The minimum Gasteiger partial charge on any atom is -0.367 e. The van der Waals surface area contributed by atoms with Gasteiger partial charge in [0.25, 0.3) is 0 Å². The molecule has 1 aromatic carbocycles. The summed E-state index contributed by atoms with van der Waals surface area (Å²) in [5.74, 6) is 1.46. The number of nitrogens with zero attached hydrogens (tertiary/aromatic N) is 2. The Bertz CT molecular complexity index is 596. The molecule has 1 aromatic heterocycles. The Balaban J connectivity index is 1.78. The van der Waals surface area contributed by atoms with Crippen LogP contribution in [0.5, 0.6) is 0 Å². The third-order valence-electron chi connectivity index (χ3n) is 3.02. The van der Waals surface area contributed by atoms with Crippen molar-refractivity contribution in [3.8, 4) is 0 Å². The van der Waals surface area contributed by atoms with Crippen molar-refractivity contribution >= 4 is 29.1 Å². The van der Waals surface area contributed by atoms with Crippen LogP contribution in [-0.2, 0) is 0 Å². The number of nitrogens with one attached hydrogen (secondary N) is 2. The molecule has 19 heavy (non-hydrogen) atoms. The summed E-state index contributed by atoms with van der Waals surface area (Å²) in [7, 11) is 0. The van der Waals surface area contributed by atoms with Gasteiger partial charge >= 0.3 is 0 Å². The van der Waals surface area contributed by atoms with E-state index >= 15 is 0 Å². The number of rotatable bonds is 4. The van der Waals surface area contributed by atoms with E-state index in [1.165, 1.54) is 12.8 Å². The third kappa shape index (κ3) is 3.15. The van der Waals surface area contributed by atoms with Gasteiger partial charge in [-0.3, -0.25) is 0 Å². The van der Waals surface area contributed by atoms with Crippen LogP contribution in [0.25, 0.3) is 0 Å². The standard InChI is InChI=1S/C14H15ClN4/c1-9-8-10(15)2-5-12(9)18-14-16-7-6-13(19-14)17-11-3-4-11/h2,5-8,11H,3-4H2,1H3,(H2,16,17,18,19). The maximum Gasteiger partial charge on any atom is 0.229 e. The van der Waals surface area contributed by atoms with E-state index in [9.17, 15) is 0 Å². The summed E-state index contributed by atoms with van der Waals surface area (Å²) < 4.78 is 0. The number of benzene rings is 1. The average Bonchev–Trinajstić information content (AvgIpc) is 3.17. The van der Waals surface area contributed by atoms with E-state index < -0.39 is 0 Å². The predicted molar refractivity (Wildman–Crippen MR) is 78.1 cm³/mol. The number of halogens is 1. The number of aromatic nitrogens is 2. The Morgan fingerprint density at radius 3 is 2.84 bits per heavy atom. The molecule has 1 fully saturated rings. The van der Waals surface area contributed by atoms with Gasteiger partial charge in [-0.05, 0) is 49.6 Å². The van der Waals surface area contributed by atoms with E-state index in [0.717, 1.165) is 22.1 Å². The summed E-state index contributed by atoms with van der Waals surface area (Å²) in [6, 6.07) is 8.17. The van der Waals surface area contributed by atoms with Crippen LogP contribution in [0.1, 0.15) is 18.4 Å². The fraction of sp³-hybridized carbons (Fsp3) is 0.286. The fourth-order valence-electron chi connectivity index (χ4n) is 1.82. The van der Waals surface area contributed by atoms with Crippen molar-refractivity contribution in [1.82, 2.24) is 9.97 Å². The highest BCUT2D eigenvalue weighted by molar-refractivity contribution is 6.30. The molecule has 0 unspecified atom stereocenters.